The van der Waals surface area contributed by atoms with Gasteiger partial charge >= 0.3 is 0 Å². The van der Waals surface area contributed by atoms with Crippen molar-refractivity contribution in [2.75, 3.05) is 11.9 Å². The van der Waals surface area contributed by atoms with Crippen molar-refractivity contribution in [3.8, 4) is 0 Å². The molecule has 0 saturated carbocycles. The van der Waals surface area contributed by atoms with E-state index in [1.165, 1.54) is 11.8 Å². The summed E-state index contributed by atoms with van der Waals surface area (Å²) >= 11 is 0. The van der Waals surface area contributed by atoms with Crippen LogP contribution < -0.4 is 10.5 Å². The van der Waals surface area contributed by atoms with Crippen molar-refractivity contribution in [1.82, 2.24) is 4.98 Å². The number of primary sulfonamides is 1. The molecule has 6 heteroatoms. The van der Waals surface area contributed by atoms with Crippen molar-refractivity contribution in [1.29, 1.82) is 0 Å². The van der Waals surface area contributed by atoms with Crippen LogP contribution in [0.15, 0.2) is 47.6 Å². The van der Waals surface area contributed by atoms with Gasteiger partial charge in [0, 0.05) is 24.0 Å². The van der Waals surface area contributed by atoms with Crippen molar-refractivity contribution in [2.24, 2.45) is 5.14 Å². The molecule has 106 valence electrons. The van der Waals surface area contributed by atoms with Crippen molar-refractivity contribution >= 4 is 15.7 Å². The summed E-state index contributed by atoms with van der Waals surface area (Å²) in [4.78, 5) is 3.82. The van der Waals surface area contributed by atoms with Crippen molar-refractivity contribution < 1.29 is 8.42 Å². The number of anilines is 1. The molecule has 0 saturated heterocycles. The topological polar surface area (TPSA) is 85.1 Å². The number of nitrogens with two attached hydrogens (primary N) is 1. The van der Waals surface area contributed by atoms with Crippen molar-refractivity contribution in [2.45, 2.75) is 18.4 Å². The van der Waals surface area contributed by atoms with Crippen LogP contribution in [0.5, 0.6) is 0 Å². The third kappa shape index (κ3) is 3.55. The number of pyridine rings is 1. The minimum Gasteiger partial charge on any atom is -0.384 e. The highest BCUT2D eigenvalue weighted by molar-refractivity contribution is 7.89. The largest absolute Gasteiger partial charge is 0.384 e. The van der Waals surface area contributed by atoms with Crippen molar-refractivity contribution in [3.63, 3.8) is 0 Å². The molecule has 0 fully saturated rings. The highest BCUT2D eigenvalue weighted by atomic mass is 32.2. The van der Waals surface area contributed by atoms with Gasteiger partial charge in [-0.05, 0) is 25.0 Å². The lowest BCUT2D eigenvalue weighted by Crippen LogP contribution is -2.17. The first kappa shape index (κ1) is 14.5. The Labute approximate surface area is 118 Å². The Kier molecular flexibility index (Phi) is 4.36. The Bertz CT molecular complexity index is 685. The van der Waals surface area contributed by atoms with Gasteiger partial charge in [-0.3, -0.25) is 0 Å². The Morgan fingerprint density at radius 1 is 1.20 bits per heavy atom. The van der Waals surface area contributed by atoms with E-state index in [4.69, 9.17) is 5.14 Å². The van der Waals surface area contributed by atoms with Crippen LogP contribution in [-0.2, 0) is 16.4 Å². The first-order valence-corrected chi connectivity index (χ1v) is 7.79. The van der Waals surface area contributed by atoms with Crippen LogP contribution in [0.1, 0.15) is 11.1 Å². The molecule has 3 N–H and O–H groups in total. The van der Waals surface area contributed by atoms with Gasteiger partial charge in [0.05, 0.1) is 0 Å². The zero-order chi connectivity index (χ0) is 14.6. The van der Waals surface area contributed by atoms with E-state index in [9.17, 15) is 8.42 Å². The van der Waals surface area contributed by atoms with Gasteiger partial charge in [-0.2, -0.15) is 0 Å². The second-order valence-electron chi connectivity index (χ2n) is 4.50. The maximum Gasteiger partial charge on any atom is 0.255 e. The molecular formula is C14H17N3O2S. The van der Waals surface area contributed by atoms with Crippen molar-refractivity contribution in [3.05, 3.63) is 53.7 Å². The number of sulfonamides is 1. The number of nitrogens with one attached hydrogen (secondary N) is 1. The Morgan fingerprint density at radius 2 is 1.90 bits per heavy atom. The minimum atomic E-state index is -3.78. The summed E-state index contributed by atoms with van der Waals surface area (Å²) in [7, 11) is -3.78. The fourth-order valence-electron chi connectivity index (χ4n) is 1.98. The fourth-order valence-corrected chi connectivity index (χ4v) is 2.73. The predicted octanol–water partition coefficient (Wildman–Crippen LogP) is 1.69. The molecule has 0 atom stereocenters. The molecule has 2 rings (SSSR count). The molecule has 5 nitrogen and oxygen atoms in total. The molecule has 0 amide bonds. The lowest BCUT2D eigenvalue weighted by atomic mass is 10.1. The number of aromatic nitrogens is 1. The molecule has 20 heavy (non-hydrogen) atoms. The zero-order valence-corrected chi connectivity index (χ0v) is 12.0. The molecule has 0 aliphatic carbocycles. The van der Waals surface area contributed by atoms with Gasteiger partial charge in [-0.15, -0.1) is 0 Å². The van der Waals surface area contributed by atoms with Crippen LogP contribution in [0.3, 0.4) is 0 Å². The second kappa shape index (κ2) is 6.02. The first-order chi connectivity index (χ1) is 9.48. The lowest BCUT2D eigenvalue weighted by molar-refractivity contribution is 0.593. The smallest absolute Gasteiger partial charge is 0.255 e. The summed E-state index contributed by atoms with van der Waals surface area (Å²) < 4.78 is 22.8. The summed E-state index contributed by atoms with van der Waals surface area (Å²) in [6.45, 7) is 2.40. The summed E-state index contributed by atoms with van der Waals surface area (Å²) in [6.07, 6.45) is 2.30. The Balaban J connectivity index is 2.07. The lowest BCUT2D eigenvalue weighted by Gasteiger charge is -2.11. The summed E-state index contributed by atoms with van der Waals surface area (Å²) in [5, 5.41) is 8.26. The molecule has 0 unspecified atom stereocenters. The second-order valence-corrected chi connectivity index (χ2v) is 5.97. The number of hydrogen-bond donors (Lipinski definition) is 2. The van der Waals surface area contributed by atoms with E-state index in [2.05, 4.69) is 22.4 Å². The van der Waals surface area contributed by atoms with Gasteiger partial charge in [0.2, 0.25) is 0 Å². The number of benzene rings is 1. The molecule has 1 aromatic carbocycles. The molecule has 1 aromatic heterocycles. The summed E-state index contributed by atoms with van der Waals surface area (Å²) in [5.74, 6) is 0. The molecular weight excluding hydrogens is 274 g/mol. The maximum atomic E-state index is 11.4. The highest BCUT2D eigenvalue weighted by Gasteiger charge is 2.15. The third-order valence-electron chi connectivity index (χ3n) is 3.00. The van der Waals surface area contributed by atoms with E-state index in [1.54, 1.807) is 13.0 Å². The average molecular weight is 291 g/mol. The predicted molar refractivity (Wildman–Crippen MR) is 79.0 cm³/mol. The van der Waals surface area contributed by atoms with E-state index in [-0.39, 0.29) is 5.03 Å². The number of rotatable bonds is 5. The standard InChI is InChI=1S/C14H17N3O2S/c1-11-13(8-10-17-14(11)20(15,18)19)16-9-7-12-5-3-2-4-6-12/h2-6,8,10H,7,9H2,1H3,(H,16,17)(H2,15,18,19). The van der Waals surface area contributed by atoms with Crippen LogP contribution >= 0.6 is 0 Å². The van der Waals surface area contributed by atoms with E-state index >= 15 is 0 Å². The highest BCUT2D eigenvalue weighted by Crippen LogP contribution is 2.19. The SMILES string of the molecule is Cc1c(NCCc2ccccc2)ccnc1S(N)(=O)=O. The molecule has 1 heterocycles. The Morgan fingerprint density at radius 3 is 2.55 bits per heavy atom. The number of hydrogen-bond acceptors (Lipinski definition) is 4. The molecule has 0 spiro atoms. The third-order valence-corrected chi connectivity index (χ3v) is 3.95. The van der Waals surface area contributed by atoms with Crippen LogP contribution in [0, 0.1) is 6.92 Å². The number of nitrogens with zero attached hydrogens (tertiary/aromatic N) is 1. The van der Waals surface area contributed by atoms with Gasteiger partial charge < -0.3 is 5.32 Å². The van der Waals surface area contributed by atoms with Crippen LogP contribution in [0.2, 0.25) is 0 Å². The monoisotopic (exact) mass is 291 g/mol. The molecule has 0 aliphatic heterocycles. The normalized spacial score (nSPS) is 11.3. The molecule has 0 bridgehead atoms. The van der Waals surface area contributed by atoms with Gasteiger partial charge in [0.1, 0.15) is 0 Å². The van der Waals surface area contributed by atoms with Gasteiger partial charge in [-0.25, -0.2) is 18.5 Å². The molecule has 0 aliphatic rings. The van der Waals surface area contributed by atoms with E-state index in [0.717, 1.165) is 12.1 Å². The van der Waals surface area contributed by atoms with E-state index in [1.807, 2.05) is 18.2 Å². The van der Waals surface area contributed by atoms with Gasteiger partial charge in [0.25, 0.3) is 10.0 Å². The van der Waals surface area contributed by atoms with Crippen LogP contribution in [0.25, 0.3) is 0 Å². The minimum absolute atomic E-state index is 0.0813. The summed E-state index contributed by atoms with van der Waals surface area (Å²) in [6, 6.07) is 11.8. The van der Waals surface area contributed by atoms with Gasteiger partial charge in [0.15, 0.2) is 5.03 Å². The maximum absolute atomic E-state index is 11.4. The fraction of sp³-hybridized carbons (Fsp3) is 0.214. The zero-order valence-electron chi connectivity index (χ0n) is 11.2. The average Bonchev–Trinajstić information content (AvgIpc) is 2.40. The molecule has 0 radical (unpaired) electrons. The van der Waals surface area contributed by atoms with E-state index < -0.39 is 10.0 Å². The molecule has 2 aromatic rings. The van der Waals surface area contributed by atoms with E-state index in [0.29, 0.717) is 12.1 Å². The van der Waals surface area contributed by atoms with Gasteiger partial charge in [-0.1, -0.05) is 30.3 Å². The Hall–Kier alpha value is -1.92. The summed E-state index contributed by atoms with van der Waals surface area (Å²) in [5.41, 5.74) is 2.50. The first-order valence-electron chi connectivity index (χ1n) is 6.24. The van der Waals surface area contributed by atoms with Crippen LogP contribution in [-0.4, -0.2) is 19.9 Å². The van der Waals surface area contributed by atoms with Crippen LogP contribution in [0.4, 0.5) is 5.69 Å². The quantitative estimate of drug-likeness (QED) is 0.878.